The van der Waals surface area contributed by atoms with Crippen molar-refractivity contribution >= 4 is 11.6 Å². The number of benzene rings is 1. The molecule has 2 aromatic heterocycles. The molecule has 0 atom stereocenters. The Kier molecular flexibility index (Phi) is 4.56. The van der Waals surface area contributed by atoms with Gasteiger partial charge in [-0.15, -0.1) is 0 Å². The molecule has 3 aromatic rings. The summed E-state index contributed by atoms with van der Waals surface area (Å²) in [6.45, 7) is 3.71. The Hall–Kier alpha value is -3.15. The summed E-state index contributed by atoms with van der Waals surface area (Å²) in [4.78, 5) is 16.0. The van der Waals surface area contributed by atoms with E-state index in [1.807, 2.05) is 19.1 Å². The van der Waals surface area contributed by atoms with Gasteiger partial charge in [0.05, 0.1) is 12.1 Å². The van der Waals surface area contributed by atoms with E-state index < -0.39 is 0 Å². The molecule has 6 heteroatoms. The van der Waals surface area contributed by atoms with Crippen LogP contribution in [0.4, 0.5) is 5.69 Å². The van der Waals surface area contributed by atoms with Gasteiger partial charge in [-0.05, 0) is 49.7 Å². The van der Waals surface area contributed by atoms with Crippen molar-refractivity contribution in [2.45, 2.75) is 20.3 Å². The smallest absolute Gasteiger partial charge is 0.230 e. The second-order valence-corrected chi connectivity index (χ2v) is 5.42. The second kappa shape index (κ2) is 6.95. The SMILES string of the molecule is Cc1cc(CC(=O)Nc2ccc(Oc3ccncc3)c(C)c2)no1. The van der Waals surface area contributed by atoms with E-state index in [2.05, 4.69) is 15.5 Å². The lowest BCUT2D eigenvalue weighted by atomic mass is 10.2. The number of carbonyl (C=O) groups is 1. The Morgan fingerprint density at radius 3 is 2.62 bits per heavy atom. The summed E-state index contributed by atoms with van der Waals surface area (Å²) in [5.74, 6) is 1.98. The maximum absolute atomic E-state index is 12.0. The van der Waals surface area contributed by atoms with Crippen LogP contribution in [0, 0.1) is 13.8 Å². The van der Waals surface area contributed by atoms with E-state index in [1.165, 1.54) is 0 Å². The monoisotopic (exact) mass is 323 g/mol. The van der Waals surface area contributed by atoms with Gasteiger partial charge >= 0.3 is 0 Å². The highest BCUT2D eigenvalue weighted by molar-refractivity contribution is 5.92. The van der Waals surface area contributed by atoms with Crippen LogP contribution in [0.25, 0.3) is 0 Å². The van der Waals surface area contributed by atoms with Crippen molar-refractivity contribution in [1.82, 2.24) is 10.1 Å². The molecule has 1 N–H and O–H groups in total. The van der Waals surface area contributed by atoms with E-state index in [0.29, 0.717) is 22.9 Å². The van der Waals surface area contributed by atoms with Gasteiger partial charge in [-0.2, -0.15) is 0 Å². The van der Waals surface area contributed by atoms with Gasteiger partial charge in [-0.25, -0.2) is 0 Å². The van der Waals surface area contributed by atoms with Gasteiger partial charge in [-0.1, -0.05) is 5.16 Å². The Morgan fingerprint density at radius 1 is 1.17 bits per heavy atom. The third-order valence-electron chi connectivity index (χ3n) is 3.35. The Bertz CT molecular complexity index is 844. The molecule has 0 aliphatic heterocycles. The number of nitrogens with one attached hydrogen (secondary N) is 1. The summed E-state index contributed by atoms with van der Waals surface area (Å²) in [7, 11) is 0. The van der Waals surface area contributed by atoms with Crippen LogP contribution < -0.4 is 10.1 Å². The Morgan fingerprint density at radius 2 is 1.96 bits per heavy atom. The standard InChI is InChI=1S/C18H17N3O3/c1-12-9-14(20-18(22)11-15-10-13(2)24-21-15)3-4-17(12)23-16-5-7-19-8-6-16/h3-10H,11H2,1-2H3,(H,20,22). The van der Waals surface area contributed by atoms with E-state index in [9.17, 15) is 4.79 Å². The molecule has 0 saturated carbocycles. The molecule has 122 valence electrons. The number of rotatable bonds is 5. The van der Waals surface area contributed by atoms with Crippen LogP contribution in [0.5, 0.6) is 11.5 Å². The van der Waals surface area contributed by atoms with Gasteiger partial charge in [0.25, 0.3) is 0 Å². The minimum atomic E-state index is -0.148. The average Bonchev–Trinajstić information content (AvgIpc) is 2.96. The van der Waals surface area contributed by atoms with Crippen LogP contribution in [0.1, 0.15) is 17.0 Å². The van der Waals surface area contributed by atoms with Gasteiger partial charge in [0.2, 0.25) is 5.91 Å². The molecular formula is C18H17N3O3. The van der Waals surface area contributed by atoms with Crippen LogP contribution in [-0.4, -0.2) is 16.0 Å². The van der Waals surface area contributed by atoms with Crippen molar-refractivity contribution in [2.75, 3.05) is 5.32 Å². The maximum Gasteiger partial charge on any atom is 0.230 e. The molecule has 0 aliphatic carbocycles. The number of carbonyl (C=O) groups excluding carboxylic acids is 1. The highest BCUT2D eigenvalue weighted by atomic mass is 16.5. The molecule has 3 rings (SSSR count). The van der Waals surface area contributed by atoms with Gasteiger partial charge < -0.3 is 14.6 Å². The molecule has 0 bridgehead atoms. The first-order valence-electron chi connectivity index (χ1n) is 7.51. The molecule has 0 saturated heterocycles. The van der Waals surface area contributed by atoms with E-state index in [0.717, 1.165) is 11.3 Å². The minimum absolute atomic E-state index is 0.148. The molecule has 24 heavy (non-hydrogen) atoms. The fourth-order valence-corrected chi connectivity index (χ4v) is 2.25. The van der Waals surface area contributed by atoms with E-state index >= 15 is 0 Å². The number of amides is 1. The first-order chi connectivity index (χ1) is 11.6. The van der Waals surface area contributed by atoms with Crippen molar-refractivity contribution in [3.05, 3.63) is 65.8 Å². The first kappa shape index (κ1) is 15.7. The second-order valence-electron chi connectivity index (χ2n) is 5.42. The first-order valence-corrected chi connectivity index (χ1v) is 7.51. The van der Waals surface area contributed by atoms with E-state index in [4.69, 9.17) is 9.26 Å². The van der Waals surface area contributed by atoms with Crippen molar-refractivity contribution < 1.29 is 14.1 Å². The van der Waals surface area contributed by atoms with Crippen LogP contribution >= 0.6 is 0 Å². The molecule has 2 heterocycles. The normalized spacial score (nSPS) is 10.4. The molecule has 0 unspecified atom stereocenters. The third kappa shape index (κ3) is 3.98. The van der Waals surface area contributed by atoms with Crippen molar-refractivity contribution in [3.8, 4) is 11.5 Å². The molecule has 0 aliphatic rings. The summed E-state index contributed by atoms with van der Waals surface area (Å²) < 4.78 is 10.7. The fourth-order valence-electron chi connectivity index (χ4n) is 2.25. The Labute approximate surface area is 139 Å². The lowest BCUT2D eigenvalue weighted by Crippen LogP contribution is -2.14. The number of aromatic nitrogens is 2. The van der Waals surface area contributed by atoms with Crippen molar-refractivity contribution in [1.29, 1.82) is 0 Å². The number of aryl methyl sites for hydroxylation is 2. The van der Waals surface area contributed by atoms with Gasteiger partial charge in [-0.3, -0.25) is 9.78 Å². The largest absolute Gasteiger partial charge is 0.457 e. The number of hydrogen-bond acceptors (Lipinski definition) is 5. The summed E-state index contributed by atoms with van der Waals surface area (Å²) in [5.41, 5.74) is 2.24. The van der Waals surface area contributed by atoms with Gasteiger partial charge in [0.1, 0.15) is 17.3 Å². The predicted molar refractivity (Wildman–Crippen MR) is 89.1 cm³/mol. The molecule has 1 aromatic carbocycles. The predicted octanol–water partition coefficient (Wildman–Crippen LogP) is 3.66. The van der Waals surface area contributed by atoms with Gasteiger partial charge in [0.15, 0.2) is 0 Å². The summed E-state index contributed by atoms with van der Waals surface area (Å²) in [5, 5.41) is 6.66. The summed E-state index contributed by atoms with van der Waals surface area (Å²) in [6, 6.07) is 10.8. The van der Waals surface area contributed by atoms with Crippen LogP contribution in [0.3, 0.4) is 0 Å². The van der Waals surface area contributed by atoms with Crippen molar-refractivity contribution in [2.24, 2.45) is 0 Å². The number of hydrogen-bond donors (Lipinski definition) is 1. The van der Waals surface area contributed by atoms with Crippen LogP contribution in [0.2, 0.25) is 0 Å². The van der Waals surface area contributed by atoms with E-state index in [-0.39, 0.29) is 12.3 Å². The summed E-state index contributed by atoms with van der Waals surface area (Å²) >= 11 is 0. The topological polar surface area (TPSA) is 77.2 Å². The number of nitrogens with zero attached hydrogens (tertiary/aromatic N) is 2. The number of ether oxygens (including phenoxy) is 1. The molecule has 1 amide bonds. The summed E-state index contributed by atoms with van der Waals surface area (Å²) in [6.07, 6.45) is 3.52. The lowest BCUT2D eigenvalue weighted by Gasteiger charge is -2.11. The molecule has 6 nitrogen and oxygen atoms in total. The molecule has 0 spiro atoms. The van der Waals surface area contributed by atoms with Crippen LogP contribution in [-0.2, 0) is 11.2 Å². The molecular weight excluding hydrogens is 306 g/mol. The third-order valence-corrected chi connectivity index (χ3v) is 3.35. The highest BCUT2D eigenvalue weighted by Gasteiger charge is 2.09. The van der Waals surface area contributed by atoms with Gasteiger partial charge in [0, 0.05) is 24.1 Å². The number of pyridine rings is 1. The van der Waals surface area contributed by atoms with Crippen LogP contribution in [0.15, 0.2) is 53.3 Å². The molecule has 0 fully saturated rings. The zero-order valence-electron chi connectivity index (χ0n) is 13.4. The zero-order chi connectivity index (χ0) is 16.9. The number of anilines is 1. The van der Waals surface area contributed by atoms with Crippen molar-refractivity contribution in [3.63, 3.8) is 0 Å². The fraction of sp³-hybridized carbons (Fsp3) is 0.167. The van der Waals surface area contributed by atoms with E-state index in [1.54, 1.807) is 43.6 Å². The highest BCUT2D eigenvalue weighted by Crippen LogP contribution is 2.27. The average molecular weight is 323 g/mol. The lowest BCUT2D eigenvalue weighted by molar-refractivity contribution is -0.115. The maximum atomic E-state index is 12.0. The molecule has 0 radical (unpaired) electrons. The minimum Gasteiger partial charge on any atom is -0.457 e. The zero-order valence-corrected chi connectivity index (χ0v) is 13.4. The quantitative estimate of drug-likeness (QED) is 0.775. The Balaban J connectivity index is 1.64.